The molecule has 1 aromatic carbocycles. The van der Waals surface area contributed by atoms with E-state index in [0.29, 0.717) is 6.42 Å². The molecule has 13 amide bonds. The Bertz CT molecular complexity index is 3210. The molecule has 37 nitrogen and oxygen atoms in total. The number of nitrogens with zero attached hydrogens (tertiary/aromatic N) is 3. The molecule has 1 aromatic rings. The molecule has 100 heavy (non-hydrogen) atoms. The second-order valence-electron chi connectivity index (χ2n) is 25.4. The Labute approximate surface area is 574 Å². The van der Waals surface area contributed by atoms with Crippen molar-refractivity contribution in [1.82, 2.24) is 57.2 Å². The lowest BCUT2D eigenvalue weighted by atomic mass is 10.0. The highest BCUT2D eigenvalue weighted by atomic mass is 16.4. The summed E-state index contributed by atoms with van der Waals surface area (Å²) in [5, 5.41) is 66.5. The molecule has 3 fully saturated rings. The first-order valence-corrected chi connectivity index (χ1v) is 32.8. The summed E-state index contributed by atoms with van der Waals surface area (Å²) in [6.45, 7) is 6.26. The Kier molecular flexibility index (Phi) is 32.2. The van der Waals surface area contributed by atoms with E-state index in [4.69, 9.17) is 17.2 Å². The number of primary amides is 2. The molecular weight excluding hydrogens is 1320 g/mol. The summed E-state index contributed by atoms with van der Waals surface area (Å²) in [6, 6.07) is -9.78. The lowest BCUT2D eigenvalue weighted by Gasteiger charge is -2.34. The lowest BCUT2D eigenvalue weighted by Crippen LogP contribution is -2.61. The van der Waals surface area contributed by atoms with Gasteiger partial charge in [0.05, 0.1) is 12.5 Å². The molecule has 0 aliphatic carbocycles. The fraction of sp³-hybridized carbons (Fsp3) is 0.619. The summed E-state index contributed by atoms with van der Waals surface area (Å²) in [6.07, 6.45) is -6.60. The van der Waals surface area contributed by atoms with E-state index in [1.165, 1.54) is 32.6 Å². The largest absolute Gasteiger partial charge is 0.481 e. The summed E-state index contributed by atoms with van der Waals surface area (Å²) in [5.41, 5.74) is 17.9. The molecule has 3 heterocycles. The summed E-state index contributed by atoms with van der Waals surface area (Å²) in [7, 11) is 0. The van der Waals surface area contributed by atoms with Crippen molar-refractivity contribution in [3.8, 4) is 0 Å². The van der Waals surface area contributed by atoms with Gasteiger partial charge in [-0.3, -0.25) is 81.5 Å². The van der Waals surface area contributed by atoms with Crippen LogP contribution in [0.3, 0.4) is 0 Å². The second kappa shape index (κ2) is 39.3. The van der Waals surface area contributed by atoms with E-state index >= 15 is 0 Å². The molecule has 19 N–H and O–H groups in total. The van der Waals surface area contributed by atoms with Crippen molar-refractivity contribution in [3.63, 3.8) is 0 Å². The van der Waals surface area contributed by atoms with Gasteiger partial charge in [0.1, 0.15) is 66.5 Å². The number of hydrogen-bond acceptors (Lipinski definition) is 19. The molecule has 37 heteroatoms. The molecule has 3 aliphatic heterocycles. The lowest BCUT2D eigenvalue weighted by molar-refractivity contribution is -0.150. The maximum absolute atomic E-state index is 14.5. The van der Waals surface area contributed by atoms with Crippen molar-refractivity contribution in [2.75, 3.05) is 19.6 Å². The van der Waals surface area contributed by atoms with Crippen LogP contribution in [0.2, 0.25) is 0 Å². The van der Waals surface area contributed by atoms with Gasteiger partial charge in [-0.05, 0) is 94.4 Å². The SMILES string of the molecule is CC(C)[C@H](NC(=O)[C@@H]1CCCN1C(=O)[C@@H](N)Cc1ccccc1)C(=O)N[C@@H](CCC(=O)O)C(=O)N[C@@H](CCC(=O)O)C(=O)N[C@@H](CCC(N)=O)C(=O)N[C@@H](CCC(N)=O)C(=O)N[C@@H](CCC(=O)O)C(=O)N[C@H](C(=O)N1CCC[C@H]1C(=O)N1CCC[C@H]1C(=O)N[C@@H](CC(=O)O)C(=O)O)C(C)C. The van der Waals surface area contributed by atoms with E-state index in [1.807, 2.05) is 0 Å². The number of amides is 13. The monoisotopic (exact) mass is 1410 g/mol. The average Bonchev–Trinajstić information content (AvgIpc) is 1.63. The maximum Gasteiger partial charge on any atom is 0.326 e. The molecule has 0 radical (unpaired) electrons. The Morgan fingerprint density at radius 3 is 1.17 bits per heavy atom. The zero-order valence-corrected chi connectivity index (χ0v) is 56.0. The second-order valence-corrected chi connectivity index (χ2v) is 25.4. The van der Waals surface area contributed by atoms with Crippen molar-refractivity contribution in [1.29, 1.82) is 0 Å². The molecule has 0 unspecified atom stereocenters. The Hall–Kier alpha value is -10.4. The number of hydrogen-bond donors (Lipinski definition) is 16. The van der Waals surface area contributed by atoms with E-state index in [0.717, 1.165) is 15.4 Å². The summed E-state index contributed by atoms with van der Waals surface area (Å²) in [4.78, 5) is 242. The topological polar surface area (TPSA) is 592 Å². The normalized spacial score (nSPS) is 18.4. The van der Waals surface area contributed by atoms with Crippen LogP contribution in [0, 0.1) is 11.8 Å². The number of carboxylic acids is 5. The molecule has 12 atom stereocenters. The molecule has 552 valence electrons. The highest BCUT2D eigenvalue weighted by molar-refractivity contribution is 6.00. The number of rotatable bonds is 41. The predicted molar refractivity (Wildman–Crippen MR) is 345 cm³/mol. The quantitative estimate of drug-likeness (QED) is 0.0293. The van der Waals surface area contributed by atoms with Gasteiger partial charge in [0.2, 0.25) is 76.8 Å². The van der Waals surface area contributed by atoms with Gasteiger partial charge in [-0.1, -0.05) is 58.0 Å². The van der Waals surface area contributed by atoms with Crippen molar-refractivity contribution in [3.05, 3.63) is 35.9 Å². The number of carbonyl (C=O) groups excluding carboxylic acids is 13. The highest BCUT2D eigenvalue weighted by Gasteiger charge is 2.46. The van der Waals surface area contributed by atoms with Crippen LogP contribution >= 0.6 is 0 Å². The van der Waals surface area contributed by atoms with E-state index in [2.05, 4.69) is 42.5 Å². The third-order valence-electron chi connectivity index (χ3n) is 17.0. The number of benzene rings is 1. The van der Waals surface area contributed by atoms with Crippen LogP contribution < -0.4 is 59.7 Å². The fourth-order valence-electron chi connectivity index (χ4n) is 11.7. The third kappa shape index (κ3) is 25.5. The maximum atomic E-state index is 14.5. The zero-order valence-electron chi connectivity index (χ0n) is 56.0. The predicted octanol–water partition coefficient (Wildman–Crippen LogP) is -4.60. The molecule has 0 spiro atoms. The number of likely N-dealkylation sites (tertiary alicyclic amines) is 3. The van der Waals surface area contributed by atoms with E-state index in [1.54, 1.807) is 30.3 Å². The van der Waals surface area contributed by atoms with Crippen LogP contribution in [0.5, 0.6) is 0 Å². The van der Waals surface area contributed by atoms with Crippen LogP contribution in [0.25, 0.3) is 0 Å². The van der Waals surface area contributed by atoms with E-state index in [9.17, 15) is 112 Å². The standard InChI is InChI=1S/C63H92N14O23/c1-31(2)50(73-58(94)42-14-8-26-75(42)60(96)34(64)29-33-11-6-5-7-12-33)59(95)71-38(19-24-47(82)83)55(91)69-37(18-23-46(80)81)54(90)68-35(16-21-44(65)78)52(88)67-36(17-22-45(66)79)53(89)70-39(20-25-48(84)85)56(92)74-51(32(3)4)62(98)77-28-10-15-43(77)61(97)76-27-9-13-41(76)57(93)72-40(63(99)100)30-49(86)87/h5-7,11-12,31-32,34-43,50-51H,8-10,13-30,64H2,1-4H3,(H2,65,78)(H2,66,79)(H,67,88)(H,68,90)(H,69,91)(H,70,89)(H,71,95)(H,72,93)(H,73,94)(H,74,92)(H,80,81)(H,82,83)(H,84,85)(H,86,87)(H,99,100)/t34-,35-,36-,37-,38-,39-,40-,41-,42-,43-,50-,51-/m0/s1. The number of carbonyl (C=O) groups is 18. The van der Waals surface area contributed by atoms with Gasteiger partial charge in [0, 0.05) is 51.7 Å². The summed E-state index contributed by atoms with van der Waals surface area (Å²) in [5.74, 6) is -22.2. The van der Waals surface area contributed by atoms with Crippen LogP contribution in [0.4, 0.5) is 0 Å². The Morgan fingerprint density at radius 1 is 0.420 bits per heavy atom. The summed E-state index contributed by atoms with van der Waals surface area (Å²) >= 11 is 0. The van der Waals surface area contributed by atoms with Crippen molar-refractivity contribution in [2.24, 2.45) is 29.0 Å². The van der Waals surface area contributed by atoms with Gasteiger partial charge in [-0.25, -0.2) is 4.79 Å². The number of nitrogens with two attached hydrogens (primary N) is 3. The number of aliphatic carboxylic acids is 5. The van der Waals surface area contributed by atoms with Crippen LogP contribution in [0.1, 0.15) is 142 Å². The van der Waals surface area contributed by atoms with Gasteiger partial charge in [-0.2, -0.15) is 0 Å². The van der Waals surface area contributed by atoms with Gasteiger partial charge in [0.25, 0.3) is 0 Å². The van der Waals surface area contributed by atoms with Crippen LogP contribution in [0.15, 0.2) is 30.3 Å². The fourth-order valence-corrected chi connectivity index (χ4v) is 11.7. The highest BCUT2D eigenvalue weighted by Crippen LogP contribution is 2.27. The van der Waals surface area contributed by atoms with Gasteiger partial charge >= 0.3 is 29.8 Å². The third-order valence-corrected chi connectivity index (χ3v) is 17.0. The first-order valence-electron chi connectivity index (χ1n) is 32.8. The van der Waals surface area contributed by atoms with E-state index < -0.39 is 262 Å². The average molecular weight is 1410 g/mol. The first kappa shape index (κ1) is 82.1. The molecular formula is C63H92N14O23. The van der Waals surface area contributed by atoms with Gasteiger partial charge in [-0.15, -0.1) is 0 Å². The molecule has 3 aliphatic rings. The molecule has 0 saturated carbocycles. The Morgan fingerprint density at radius 2 is 0.780 bits per heavy atom. The molecule has 4 rings (SSSR count). The molecule has 0 aromatic heterocycles. The minimum atomic E-state index is -1.94. The van der Waals surface area contributed by atoms with Crippen LogP contribution in [-0.2, 0) is 92.7 Å². The zero-order chi connectivity index (χ0) is 74.8. The molecule has 0 bridgehead atoms. The van der Waals surface area contributed by atoms with Crippen molar-refractivity contribution < 1.29 is 112 Å². The van der Waals surface area contributed by atoms with Gasteiger partial charge in [0.15, 0.2) is 0 Å². The minimum absolute atomic E-state index is 0.00919. The summed E-state index contributed by atoms with van der Waals surface area (Å²) < 4.78 is 0. The first-order chi connectivity index (χ1) is 47.0. The molecule has 3 saturated heterocycles. The van der Waals surface area contributed by atoms with Gasteiger partial charge < -0.3 is 100.0 Å². The smallest absolute Gasteiger partial charge is 0.326 e. The number of carboxylic acid groups (broad SMARTS) is 5. The van der Waals surface area contributed by atoms with Crippen molar-refractivity contribution >= 4 is 107 Å². The van der Waals surface area contributed by atoms with Crippen molar-refractivity contribution in [2.45, 2.75) is 216 Å². The minimum Gasteiger partial charge on any atom is -0.481 e. The van der Waals surface area contributed by atoms with E-state index in [-0.39, 0.29) is 58.2 Å². The van der Waals surface area contributed by atoms with Crippen LogP contribution in [-0.4, -0.2) is 239 Å². The number of nitrogens with one attached hydrogen (secondary N) is 8. The Balaban J connectivity index is 1.56.